The lowest BCUT2D eigenvalue weighted by molar-refractivity contribution is -0.132. The average Bonchev–Trinajstić information content (AvgIpc) is 2.48. The van der Waals surface area contributed by atoms with Gasteiger partial charge in [0.2, 0.25) is 11.9 Å². The number of aliphatic hydroxyl groups excluding tert-OH is 1. The van der Waals surface area contributed by atoms with E-state index in [4.69, 9.17) is 0 Å². The lowest BCUT2D eigenvalue weighted by Crippen LogP contribution is -2.50. The van der Waals surface area contributed by atoms with Crippen LogP contribution in [0.2, 0.25) is 0 Å². The first-order valence-electron chi connectivity index (χ1n) is 7.34. The van der Waals surface area contributed by atoms with Gasteiger partial charge in [0.05, 0.1) is 6.10 Å². The summed E-state index contributed by atoms with van der Waals surface area (Å²) < 4.78 is 0. The van der Waals surface area contributed by atoms with Gasteiger partial charge in [-0.15, -0.1) is 0 Å². The van der Waals surface area contributed by atoms with Crippen LogP contribution in [0.3, 0.4) is 0 Å². The number of β-amino-alcohol motifs (C(OH)–C–C–N with tert-alkyl or cyclic N) is 1. The first kappa shape index (κ1) is 15.7. The van der Waals surface area contributed by atoms with Gasteiger partial charge in [-0.25, -0.2) is 9.97 Å². The number of carbonyl (C=O) groups is 1. The molecule has 2 heterocycles. The van der Waals surface area contributed by atoms with Crippen LogP contribution in [0.25, 0.3) is 0 Å². The van der Waals surface area contributed by atoms with E-state index in [0.717, 1.165) is 26.2 Å². The van der Waals surface area contributed by atoms with Crippen molar-refractivity contribution in [2.24, 2.45) is 0 Å². The minimum atomic E-state index is -0.317. The standard InChI is InChI=1S/C14H23N5O2/c1-12(20)11-18-7-9-19(10-8-18)13(21)3-6-17-14-15-4-2-5-16-14/h2,4-5,12,20H,3,6-11H2,1H3,(H,15,16,17)/t12-/m1/s1. The molecule has 1 aromatic rings. The first-order chi connectivity index (χ1) is 10.1. The maximum atomic E-state index is 12.1. The van der Waals surface area contributed by atoms with Crippen LogP contribution in [0.5, 0.6) is 0 Å². The molecule has 1 fully saturated rings. The third kappa shape index (κ3) is 5.28. The van der Waals surface area contributed by atoms with Crippen LogP contribution < -0.4 is 5.32 Å². The van der Waals surface area contributed by atoms with Crippen molar-refractivity contribution < 1.29 is 9.90 Å². The van der Waals surface area contributed by atoms with Gasteiger partial charge in [-0.2, -0.15) is 0 Å². The Kier molecular flexibility index (Phi) is 5.89. The van der Waals surface area contributed by atoms with Crippen molar-refractivity contribution in [3.63, 3.8) is 0 Å². The van der Waals surface area contributed by atoms with Crippen molar-refractivity contribution in [1.82, 2.24) is 19.8 Å². The predicted molar refractivity (Wildman–Crippen MR) is 79.8 cm³/mol. The van der Waals surface area contributed by atoms with Crippen LogP contribution in [0.4, 0.5) is 5.95 Å². The number of anilines is 1. The Bertz CT molecular complexity index is 432. The largest absolute Gasteiger partial charge is 0.392 e. The van der Waals surface area contributed by atoms with Crippen LogP contribution in [0, 0.1) is 0 Å². The number of nitrogens with zero attached hydrogens (tertiary/aromatic N) is 4. The normalized spacial score (nSPS) is 17.5. The van der Waals surface area contributed by atoms with E-state index in [1.165, 1.54) is 0 Å². The predicted octanol–water partition coefficient (Wildman–Crippen LogP) is -0.196. The number of nitrogens with one attached hydrogen (secondary N) is 1. The third-order valence-electron chi connectivity index (χ3n) is 3.44. The summed E-state index contributed by atoms with van der Waals surface area (Å²) >= 11 is 0. The number of amides is 1. The lowest BCUT2D eigenvalue weighted by atomic mass is 10.2. The number of carbonyl (C=O) groups excluding carboxylic acids is 1. The molecule has 116 valence electrons. The minimum Gasteiger partial charge on any atom is -0.392 e. The third-order valence-corrected chi connectivity index (χ3v) is 3.44. The summed E-state index contributed by atoms with van der Waals surface area (Å²) in [5.41, 5.74) is 0. The number of rotatable bonds is 6. The van der Waals surface area contributed by atoms with E-state index in [1.54, 1.807) is 25.4 Å². The summed E-state index contributed by atoms with van der Waals surface area (Å²) in [6.07, 6.45) is 3.45. The molecule has 1 aliphatic heterocycles. The smallest absolute Gasteiger partial charge is 0.224 e. The van der Waals surface area contributed by atoms with Gasteiger partial charge in [0.25, 0.3) is 0 Å². The van der Waals surface area contributed by atoms with E-state index in [0.29, 0.717) is 25.5 Å². The zero-order valence-electron chi connectivity index (χ0n) is 12.4. The van der Waals surface area contributed by atoms with Crippen molar-refractivity contribution in [2.75, 3.05) is 44.6 Å². The van der Waals surface area contributed by atoms with E-state index in [9.17, 15) is 9.90 Å². The molecule has 2 N–H and O–H groups in total. The molecule has 0 aliphatic carbocycles. The highest BCUT2D eigenvalue weighted by molar-refractivity contribution is 5.76. The first-order valence-corrected chi connectivity index (χ1v) is 7.34. The second kappa shape index (κ2) is 7.90. The van der Waals surface area contributed by atoms with Crippen molar-refractivity contribution in [2.45, 2.75) is 19.4 Å². The molecule has 0 radical (unpaired) electrons. The number of aliphatic hydroxyl groups is 1. The van der Waals surface area contributed by atoms with Gasteiger partial charge >= 0.3 is 0 Å². The molecular weight excluding hydrogens is 270 g/mol. The SMILES string of the molecule is C[C@@H](O)CN1CCN(C(=O)CCNc2ncccn2)CC1. The van der Waals surface area contributed by atoms with Crippen LogP contribution in [0.15, 0.2) is 18.5 Å². The summed E-state index contributed by atoms with van der Waals surface area (Å²) in [5.74, 6) is 0.696. The summed E-state index contributed by atoms with van der Waals surface area (Å²) in [6, 6.07) is 1.75. The van der Waals surface area contributed by atoms with Crippen molar-refractivity contribution in [1.29, 1.82) is 0 Å². The summed E-state index contributed by atoms with van der Waals surface area (Å²) in [7, 11) is 0. The molecule has 2 rings (SSSR count). The van der Waals surface area contributed by atoms with E-state index in [1.807, 2.05) is 4.90 Å². The van der Waals surface area contributed by atoms with Gasteiger partial charge in [0, 0.05) is 58.1 Å². The quantitative estimate of drug-likeness (QED) is 0.756. The van der Waals surface area contributed by atoms with Crippen molar-refractivity contribution in [3.05, 3.63) is 18.5 Å². The number of aromatic nitrogens is 2. The van der Waals surface area contributed by atoms with Crippen LogP contribution >= 0.6 is 0 Å². The Morgan fingerprint density at radius 2 is 2.00 bits per heavy atom. The molecule has 1 amide bonds. The topological polar surface area (TPSA) is 81.6 Å². The fourth-order valence-electron chi connectivity index (χ4n) is 2.38. The summed E-state index contributed by atoms with van der Waals surface area (Å²) in [4.78, 5) is 24.3. The minimum absolute atomic E-state index is 0.148. The molecular formula is C14H23N5O2. The van der Waals surface area contributed by atoms with Gasteiger partial charge in [-0.05, 0) is 13.0 Å². The molecule has 0 spiro atoms. The molecule has 21 heavy (non-hydrogen) atoms. The number of hydrogen-bond donors (Lipinski definition) is 2. The lowest BCUT2D eigenvalue weighted by Gasteiger charge is -2.35. The average molecular weight is 293 g/mol. The molecule has 0 saturated carbocycles. The zero-order valence-corrected chi connectivity index (χ0v) is 12.4. The Labute approximate surface area is 125 Å². The highest BCUT2D eigenvalue weighted by atomic mass is 16.3. The van der Waals surface area contributed by atoms with Crippen molar-refractivity contribution in [3.8, 4) is 0 Å². The Morgan fingerprint density at radius 3 is 2.62 bits per heavy atom. The van der Waals surface area contributed by atoms with Crippen molar-refractivity contribution >= 4 is 11.9 Å². The molecule has 0 unspecified atom stereocenters. The molecule has 1 saturated heterocycles. The second-order valence-electron chi connectivity index (χ2n) is 5.28. The van der Waals surface area contributed by atoms with Gasteiger partial charge in [0.1, 0.15) is 0 Å². The van der Waals surface area contributed by atoms with Crippen LogP contribution in [0.1, 0.15) is 13.3 Å². The molecule has 1 atom stereocenters. The Balaban J connectivity index is 1.65. The Hall–Kier alpha value is -1.73. The van der Waals surface area contributed by atoms with Gasteiger partial charge in [-0.1, -0.05) is 0 Å². The molecule has 1 aliphatic rings. The van der Waals surface area contributed by atoms with Gasteiger partial charge in [-0.3, -0.25) is 9.69 Å². The number of piperazine rings is 1. The second-order valence-corrected chi connectivity index (χ2v) is 5.28. The molecule has 7 heteroatoms. The Morgan fingerprint density at radius 1 is 1.33 bits per heavy atom. The number of hydrogen-bond acceptors (Lipinski definition) is 6. The summed E-state index contributed by atoms with van der Waals surface area (Å²) in [6.45, 7) is 6.11. The van der Waals surface area contributed by atoms with E-state index in [2.05, 4.69) is 20.2 Å². The van der Waals surface area contributed by atoms with E-state index in [-0.39, 0.29) is 12.0 Å². The maximum Gasteiger partial charge on any atom is 0.224 e. The van der Waals surface area contributed by atoms with Gasteiger partial charge < -0.3 is 15.3 Å². The monoisotopic (exact) mass is 293 g/mol. The maximum absolute atomic E-state index is 12.1. The molecule has 0 aromatic carbocycles. The van der Waals surface area contributed by atoms with Crippen LogP contribution in [-0.4, -0.2) is 76.2 Å². The van der Waals surface area contributed by atoms with Gasteiger partial charge in [0.15, 0.2) is 0 Å². The summed E-state index contributed by atoms with van der Waals surface area (Å²) in [5, 5.41) is 12.4. The molecule has 7 nitrogen and oxygen atoms in total. The molecule has 1 aromatic heterocycles. The molecule has 0 bridgehead atoms. The van der Waals surface area contributed by atoms with E-state index < -0.39 is 0 Å². The zero-order chi connectivity index (χ0) is 15.1. The highest BCUT2D eigenvalue weighted by Crippen LogP contribution is 2.05. The fourth-order valence-corrected chi connectivity index (χ4v) is 2.38. The van der Waals surface area contributed by atoms with Crippen LogP contribution in [-0.2, 0) is 4.79 Å². The fraction of sp³-hybridized carbons (Fsp3) is 0.643. The highest BCUT2D eigenvalue weighted by Gasteiger charge is 2.21. The van der Waals surface area contributed by atoms with E-state index >= 15 is 0 Å².